The summed E-state index contributed by atoms with van der Waals surface area (Å²) >= 11 is 0. The van der Waals surface area contributed by atoms with E-state index in [4.69, 9.17) is 4.74 Å². The van der Waals surface area contributed by atoms with Gasteiger partial charge in [-0.25, -0.2) is 9.67 Å². The fourth-order valence-electron chi connectivity index (χ4n) is 5.08. The number of nitrogens with one attached hydrogen (secondary N) is 3. The Kier molecular flexibility index (Phi) is 6.61. The van der Waals surface area contributed by atoms with Crippen LogP contribution in [0.25, 0.3) is 11.0 Å². The molecular formula is C26H33N11O2. The summed E-state index contributed by atoms with van der Waals surface area (Å²) < 4.78 is 8.80. The Balaban J connectivity index is 1.10. The molecule has 6 heterocycles. The standard InChI is InChI=1S/C26H33N11O2/c1-17-21(10-18(11-28-17)24(38)27-6-9-37-7-4-26(5-8-37)15-39-16-26)32-22-20-13-29-25(33-23(20)36(3)34-22)31-19-12-30-35(2)14-19/h10-14H,4-9,15-16H2,1-3H3,(H,27,38)(H,32,34)(H,29,31,33). The number of aromatic nitrogens is 7. The minimum Gasteiger partial charge on any atom is -0.380 e. The van der Waals surface area contributed by atoms with Gasteiger partial charge >= 0.3 is 0 Å². The number of hydrogen-bond acceptors (Lipinski definition) is 10. The van der Waals surface area contributed by atoms with E-state index in [1.54, 1.807) is 34.0 Å². The van der Waals surface area contributed by atoms with E-state index in [0.29, 0.717) is 40.6 Å². The van der Waals surface area contributed by atoms with Crippen LogP contribution in [0.4, 0.5) is 23.1 Å². The summed E-state index contributed by atoms with van der Waals surface area (Å²) in [5.41, 5.74) is 3.81. The molecule has 0 radical (unpaired) electrons. The number of carbonyl (C=O) groups is 1. The van der Waals surface area contributed by atoms with Crippen LogP contribution >= 0.6 is 0 Å². The first kappa shape index (κ1) is 25.2. The summed E-state index contributed by atoms with van der Waals surface area (Å²) in [6, 6.07) is 1.80. The second-order valence-corrected chi connectivity index (χ2v) is 10.5. The number of hydrogen-bond donors (Lipinski definition) is 3. The molecule has 13 heteroatoms. The van der Waals surface area contributed by atoms with Gasteiger partial charge in [-0.1, -0.05) is 0 Å². The van der Waals surface area contributed by atoms with Crippen molar-refractivity contribution in [3.8, 4) is 0 Å². The zero-order valence-corrected chi connectivity index (χ0v) is 22.4. The lowest BCUT2D eigenvalue weighted by Crippen LogP contribution is -2.51. The fourth-order valence-corrected chi connectivity index (χ4v) is 5.08. The number of aryl methyl sites for hydroxylation is 3. The first-order chi connectivity index (χ1) is 18.9. The maximum absolute atomic E-state index is 12.9. The van der Waals surface area contributed by atoms with Gasteiger partial charge in [-0.2, -0.15) is 15.2 Å². The highest BCUT2D eigenvalue weighted by molar-refractivity contribution is 5.96. The predicted octanol–water partition coefficient (Wildman–Crippen LogP) is 2.13. The molecule has 4 aromatic heterocycles. The maximum Gasteiger partial charge on any atom is 0.252 e. The predicted molar refractivity (Wildman–Crippen MR) is 146 cm³/mol. The SMILES string of the molecule is Cc1ncc(C(=O)NCCN2CCC3(CC2)COC3)cc1Nc1nn(C)c2nc(Nc3cnn(C)c3)ncc12. The highest BCUT2D eigenvalue weighted by atomic mass is 16.5. The number of fused-ring (bicyclic) bond motifs is 1. The highest BCUT2D eigenvalue weighted by Gasteiger charge is 2.40. The van der Waals surface area contributed by atoms with Crippen LogP contribution in [0.15, 0.2) is 30.9 Å². The van der Waals surface area contributed by atoms with Gasteiger partial charge in [0, 0.05) is 51.2 Å². The van der Waals surface area contributed by atoms with Crippen LogP contribution in [0.3, 0.4) is 0 Å². The van der Waals surface area contributed by atoms with Gasteiger partial charge in [0.2, 0.25) is 5.95 Å². The Morgan fingerprint density at radius 3 is 2.64 bits per heavy atom. The lowest BCUT2D eigenvalue weighted by molar-refractivity contribution is -0.139. The second kappa shape index (κ2) is 10.2. The highest BCUT2D eigenvalue weighted by Crippen LogP contribution is 2.38. The van der Waals surface area contributed by atoms with E-state index in [1.165, 1.54) is 12.8 Å². The number of rotatable bonds is 8. The van der Waals surface area contributed by atoms with Crippen LogP contribution in [-0.2, 0) is 18.8 Å². The first-order valence-electron chi connectivity index (χ1n) is 13.1. The smallest absolute Gasteiger partial charge is 0.252 e. The Bertz CT molecular complexity index is 1500. The van der Waals surface area contributed by atoms with Gasteiger partial charge in [-0.05, 0) is 38.9 Å². The summed E-state index contributed by atoms with van der Waals surface area (Å²) in [6.45, 7) is 7.24. The number of likely N-dealkylation sites (tertiary alicyclic amines) is 1. The van der Waals surface area contributed by atoms with Gasteiger partial charge in [0.1, 0.15) is 0 Å². The van der Waals surface area contributed by atoms with Crippen molar-refractivity contribution in [3.63, 3.8) is 0 Å². The number of piperidine rings is 1. The largest absolute Gasteiger partial charge is 0.380 e. The van der Waals surface area contributed by atoms with Crippen LogP contribution in [-0.4, -0.2) is 84.7 Å². The third-order valence-corrected chi connectivity index (χ3v) is 7.59. The Morgan fingerprint density at radius 1 is 1.10 bits per heavy atom. The van der Waals surface area contributed by atoms with E-state index in [9.17, 15) is 4.79 Å². The van der Waals surface area contributed by atoms with Crippen molar-refractivity contribution < 1.29 is 9.53 Å². The zero-order valence-electron chi connectivity index (χ0n) is 22.4. The molecule has 39 heavy (non-hydrogen) atoms. The van der Waals surface area contributed by atoms with Gasteiger partial charge in [-0.15, -0.1) is 0 Å². The van der Waals surface area contributed by atoms with E-state index in [1.807, 2.05) is 27.2 Å². The van der Waals surface area contributed by atoms with Crippen molar-refractivity contribution >= 4 is 40.1 Å². The van der Waals surface area contributed by atoms with Crippen molar-refractivity contribution in [2.24, 2.45) is 19.5 Å². The molecule has 0 unspecified atom stereocenters. The minimum absolute atomic E-state index is 0.147. The van der Waals surface area contributed by atoms with Crippen LogP contribution in [0.2, 0.25) is 0 Å². The van der Waals surface area contributed by atoms with Crippen LogP contribution in [0.1, 0.15) is 28.9 Å². The monoisotopic (exact) mass is 531 g/mol. The molecule has 0 aromatic carbocycles. The molecule has 0 saturated carbocycles. The Hall–Kier alpha value is -4.10. The molecule has 2 aliphatic heterocycles. The molecule has 0 bridgehead atoms. The second-order valence-electron chi connectivity index (χ2n) is 10.5. The van der Waals surface area contributed by atoms with Crippen LogP contribution in [0.5, 0.6) is 0 Å². The van der Waals surface area contributed by atoms with Crippen molar-refractivity contribution in [2.75, 3.05) is 50.0 Å². The lowest BCUT2D eigenvalue weighted by Gasteiger charge is -2.47. The Labute approximate surface area is 226 Å². The summed E-state index contributed by atoms with van der Waals surface area (Å²) in [5.74, 6) is 0.886. The van der Waals surface area contributed by atoms with Crippen molar-refractivity contribution in [2.45, 2.75) is 19.8 Å². The van der Waals surface area contributed by atoms with Gasteiger partial charge in [0.25, 0.3) is 5.91 Å². The van der Waals surface area contributed by atoms with Crippen LogP contribution in [0, 0.1) is 12.3 Å². The van der Waals surface area contributed by atoms with Gasteiger partial charge in [0.05, 0.1) is 47.4 Å². The first-order valence-corrected chi connectivity index (χ1v) is 13.1. The van der Waals surface area contributed by atoms with Crippen molar-refractivity contribution in [3.05, 3.63) is 42.1 Å². The van der Waals surface area contributed by atoms with Crippen molar-refractivity contribution in [1.82, 2.24) is 44.7 Å². The molecule has 2 aliphatic rings. The molecule has 204 valence electrons. The lowest BCUT2D eigenvalue weighted by atomic mass is 9.77. The summed E-state index contributed by atoms with van der Waals surface area (Å²) in [4.78, 5) is 28.8. The summed E-state index contributed by atoms with van der Waals surface area (Å²) in [5, 5.41) is 19.0. The number of anilines is 4. The molecule has 1 amide bonds. The number of ether oxygens (including phenoxy) is 1. The van der Waals surface area contributed by atoms with E-state index >= 15 is 0 Å². The molecular weight excluding hydrogens is 498 g/mol. The number of nitrogens with zero attached hydrogens (tertiary/aromatic N) is 8. The summed E-state index contributed by atoms with van der Waals surface area (Å²) in [6.07, 6.45) is 9.22. The molecule has 2 fully saturated rings. The molecule has 4 aromatic rings. The third kappa shape index (κ3) is 5.27. The average Bonchev–Trinajstić information content (AvgIpc) is 3.46. The minimum atomic E-state index is -0.147. The molecule has 0 atom stereocenters. The molecule has 6 rings (SSSR count). The normalized spacial score (nSPS) is 16.8. The van der Waals surface area contributed by atoms with E-state index in [-0.39, 0.29) is 5.91 Å². The topological polar surface area (TPSA) is 140 Å². The fraction of sp³-hybridized carbons (Fsp3) is 0.462. The molecule has 1 spiro atoms. The zero-order chi connectivity index (χ0) is 27.0. The average molecular weight is 532 g/mol. The third-order valence-electron chi connectivity index (χ3n) is 7.59. The van der Waals surface area contributed by atoms with E-state index < -0.39 is 0 Å². The maximum atomic E-state index is 12.9. The molecule has 3 N–H and O–H groups in total. The van der Waals surface area contributed by atoms with Gasteiger partial charge in [-0.3, -0.25) is 14.5 Å². The number of carbonyl (C=O) groups excluding carboxylic acids is 1. The molecule has 13 nitrogen and oxygen atoms in total. The molecule has 2 saturated heterocycles. The quantitative estimate of drug-likeness (QED) is 0.310. The van der Waals surface area contributed by atoms with Crippen LogP contribution < -0.4 is 16.0 Å². The number of amides is 1. The van der Waals surface area contributed by atoms with Gasteiger partial charge < -0.3 is 25.6 Å². The summed E-state index contributed by atoms with van der Waals surface area (Å²) in [7, 11) is 3.67. The number of pyridine rings is 1. The molecule has 0 aliphatic carbocycles. The van der Waals surface area contributed by atoms with Crippen molar-refractivity contribution in [1.29, 1.82) is 0 Å². The van der Waals surface area contributed by atoms with Gasteiger partial charge in [0.15, 0.2) is 11.5 Å². The Morgan fingerprint density at radius 2 is 1.92 bits per heavy atom. The van der Waals surface area contributed by atoms with E-state index in [2.05, 4.69) is 46.0 Å². The van der Waals surface area contributed by atoms with E-state index in [0.717, 1.165) is 49.6 Å².